The molecular weight excluding hydrogens is 220 g/mol. The summed E-state index contributed by atoms with van der Waals surface area (Å²) in [5.74, 6) is 0.534. The molecule has 16 heavy (non-hydrogen) atoms. The van der Waals surface area contributed by atoms with Gasteiger partial charge in [-0.3, -0.25) is 0 Å². The molecule has 0 fully saturated rings. The van der Waals surface area contributed by atoms with Crippen LogP contribution in [0, 0.1) is 11.3 Å². The van der Waals surface area contributed by atoms with E-state index in [1.165, 1.54) is 5.56 Å². The molecule has 80 valence electrons. The number of hydrogen-bond donors (Lipinski definition) is 1. The molecule has 0 amide bonds. The number of hydrogen-bond acceptors (Lipinski definition) is 1. The standard InChI is InChI=1S/C13H11ClN2/c14-6-2-1-3-11-9-16-13-5-4-10(8-15)7-12(11)13/h1-2,4-5,7,9,16H,3,6H2. The van der Waals surface area contributed by atoms with Crippen molar-refractivity contribution in [2.75, 3.05) is 5.88 Å². The molecule has 2 nitrogen and oxygen atoms in total. The van der Waals surface area contributed by atoms with Gasteiger partial charge in [0, 0.05) is 23.0 Å². The van der Waals surface area contributed by atoms with Crippen LogP contribution < -0.4 is 0 Å². The summed E-state index contributed by atoms with van der Waals surface area (Å²) in [6.07, 6.45) is 6.77. The maximum Gasteiger partial charge on any atom is 0.0991 e. The van der Waals surface area contributed by atoms with Crippen molar-refractivity contribution in [2.45, 2.75) is 6.42 Å². The topological polar surface area (TPSA) is 39.6 Å². The number of nitriles is 1. The van der Waals surface area contributed by atoms with E-state index < -0.39 is 0 Å². The molecule has 0 aliphatic carbocycles. The third-order valence-electron chi connectivity index (χ3n) is 2.49. The van der Waals surface area contributed by atoms with Crippen LogP contribution in [-0.2, 0) is 6.42 Å². The van der Waals surface area contributed by atoms with E-state index in [1.54, 1.807) is 0 Å². The van der Waals surface area contributed by atoms with Gasteiger partial charge in [0.2, 0.25) is 0 Å². The average molecular weight is 231 g/mol. The molecule has 0 atom stereocenters. The van der Waals surface area contributed by atoms with E-state index in [9.17, 15) is 0 Å². The predicted molar refractivity (Wildman–Crippen MR) is 66.6 cm³/mol. The Hall–Kier alpha value is -1.72. The summed E-state index contributed by atoms with van der Waals surface area (Å²) in [5, 5.41) is 9.96. The number of allylic oxidation sites excluding steroid dienone is 2. The minimum Gasteiger partial charge on any atom is -0.361 e. The molecule has 1 heterocycles. The highest BCUT2D eigenvalue weighted by Crippen LogP contribution is 2.20. The fourth-order valence-electron chi connectivity index (χ4n) is 1.69. The molecule has 2 aromatic rings. The van der Waals surface area contributed by atoms with Crippen LogP contribution in [0.4, 0.5) is 0 Å². The smallest absolute Gasteiger partial charge is 0.0991 e. The molecular formula is C13H11ClN2. The van der Waals surface area contributed by atoms with Crippen LogP contribution in [0.5, 0.6) is 0 Å². The van der Waals surface area contributed by atoms with Crippen molar-refractivity contribution in [3.63, 3.8) is 0 Å². The Balaban J connectivity index is 2.39. The van der Waals surface area contributed by atoms with Gasteiger partial charge in [-0.15, -0.1) is 11.6 Å². The summed E-state index contributed by atoms with van der Waals surface area (Å²) < 4.78 is 0. The van der Waals surface area contributed by atoms with E-state index in [1.807, 2.05) is 36.5 Å². The van der Waals surface area contributed by atoms with E-state index in [2.05, 4.69) is 11.1 Å². The largest absolute Gasteiger partial charge is 0.361 e. The van der Waals surface area contributed by atoms with Gasteiger partial charge < -0.3 is 4.98 Å². The Morgan fingerprint density at radius 3 is 3.00 bits per heavy atom. The zero-order valence-electron chi connectivity index (χ0n) is 8.70. The van der Waals surface area contributed by atoms with Crippen LogP contribution >= 0.6 is 11.6 Å². The van der Waals surface area contributed by atoms with Crippen molar-refractivity contribution in [2.24, 2.45) is 0 Å². The number of halogens is 1. The maximum absolute atomic E-state index is 8.85. The highest BCUT2D eigenvalue weighted by atomic mass is 35.5. The number of aromatic nitrogens is 1. The highest BCUT2D eigenvalue weighted by molar-refractivity contribution is 6.18. The van der Waals surface area contributed by atoms with Gasteiger partial charge in [0.15, 0.2) is 0 Å². The van der Waals surface area contributed by atoms with Crippen molar-refractivity contribution in [3.8, 4) is 6.07 Å². The van der Waals surface area contributed by atoms with E-state index in [0.717, 1.165) is 17.3 Å². The fourth-order valence-corrected chi connectivity index (χ4v) is 1.82. The number of aromatic amines is 1. The summed E-state index contributed by atoms with van der Waals surface area (Å²) >= 11 is 5.57. The summed E-state index contributed by atoms with van der Waals surface area (Å²) in [7, 11) is 0. The lowest BCUT2D eigenvalue weighted by atomic mass is 10.1. The zero-order chi connectivity index (χ0) is 11.4. The summed E-state index contributed by atoms with van der Waals surface area (Å²) in [6.45, 7) is 0. The van der Waals surface area contributed by atoms with Crippen LogP contribution in [0.2, 0.25) is 0 Å². The SMILES string of the molecule is N#Cc1ccc2[nH]cc(CC=CCCl)c2c1. The van der Waals surface area contributed by atoms with Crippen molar-refractivity contribution in [1.29, 1.82) is 5.26 Å². The molecule has 0 bridgehead atoms. The number of rotatable bonds is 3. The molecule has 2 rings (SSSR count). The number of fused-ring (bicyclic) bond motifs is 1. The Morgan fingerprint density at radius 2 is 2.25 bits per heavy atom. The van der Waals surface area contributed by atoms with Crippen LogP contribution in [0.25, 0.3) is 10.9 Å². The van der Waals surface area contributed by atoms with Crippen molar-refractivity contribution >= 4 is 22.5 Å². The van der Waals surface area contributed by atoms with Crippen LogP contribution in [-0.4, -0.2) is 10.9 Å². The minimum absolute atomic E-state index is 0.534. The normalized spacial score (nSPS) is 11.0. The van der Waals surface area contributed by atoms with Gasteiger partial charge in [-0.25, -0.2) is 0 Å². The molecule has 0 saturated carbocycles. The zero-order valence-corrected chi connectivity index (χ0v) is 9.46. The second-order valence-electron chi connectivity index (χ2n) is 3.52. The quantitative estimate of drug-likeness (QED) is 0.637. The summed E-state index contributed by atoms with van der Waals surface area (Å²) in [6, 6.07) is 7.81. The molecule has 0 unspecified atom stereocenters. The first-order valence-corrected chi connectivity index (χ1v) is 5.59. The third-order valence-corrected chi connectivity index (χ3v) is 2.67. The molecule has 0 aliphatic rings. The van der Waals surface area contributed by atoms with Gasteiger partial charge in [0.1, 0.15) is 0 Å². The minimum atomic E-state index is 0.534. The molecule has 1 aromatic carbocycles. The van der Waals surface area contributed by atoms with Gasteiger partial charge in [-0.1, -0.05) is 12.2 Å². The van der Waals surface area contributed by atoms with Gasteiger partial charge in [0.05, 0.1) is 11.6 Å². The predicted octanol–water partition coefficient (Wildman–Crippen LogP) is 3.38. The molecule has 0 aliphatic heterocycles. The van der Waals surface area contributed by atoms with Crippen LogP contribution in [0.3, 0.4) is 0 Å². The lowest BCUT2D eigenvalue weighted by Gasteiger charge is -1.95. The Bertz CT molecular complexity index is 561. The maximum atomic E-state index is 8.85. The van der Waals surface area contributed by atoms with E-state index in [-0.39, 0.29) is 0 Å². The van der Waals surface area contributed by atoms with E-state index >= 15 is 0 Å². The Labute approximate surface area is 99.2 Å². The fraction of sp³-hybridized carbons (Fsp3) is 0.154. The second kappa shape index (κ2) is 4.87. The molecule has 0 spiro atoms. The number of alkyl halides is 1. The lowest BCUT2D eigenvalue weighted by Crippen LogP contribution is -1.79. The van der Waals surface area contributed by atoms with E-state index in [0.29, 0.717) is 11.4 Å². The van der Waals surface area contributed by atoms with E-state index in [4.69, 9.17) is 16.9 Å². The number of benzene rings is 1. The number of nitrogens with one attached hydrogen (secondary N) is 1. The average Bonchev–Trinajstić information content (AvgIpc) is 2.72. The highest BCUT2D eigenvalue weighted by Gasteiger charge is 2.02. The Kier molecular flexibility index (Phi) is 3.28. The summed E-state index contributed by atoms with van der Waals surface area (Å²) in [5.41, 5.74) is 2.94. The van der Waals surface area contributed by atoms with Gasteiger partial charge in [0.25, 0.3) is 0 Å². The lowest BCUT2D eigenvalue weighted by molar-refractivity contribution is 1.28. The molecule has 0 saturated heterocycles. The second-order valence-corrected chi connectivity index (χ2v) is 3.82. The van der Waals surface area contributed by atoms with Gasteiger partial charge in [-0.05, 0) is 30.2 Å². The van der Waals surface area contributed by atoms with Gasteiger partial charge >= 0.3 is 0 Å². The third kappa shape index (κ3) is 2.10. The van der Waals surface area contributed by atoms with Gasteiger partial charge in [-0.2, -0.15) is 5.26 Å². The number of nitrogens with zero attached hydrogens (tertiary/aromatic N) is 1. The number of H-pyrrole nitrogens is 1. The first kappa shape index (κ1) is 10.8. The summed E-state index contributed by atoms with van der Waals surface area (Å²) in [4.78, 5) is 3.19. The van der Waals surface area contributed by atoms with Crippen LogP contribution in [0.1, 0.15) is 11.1 Å². The first-order chi connectivity index (χ1) is 7.85. The monoisotopic (exact) mass is 230 g/mol. The molecule has 0 radical (unpaired) electrons. The molecule has 1 N–H and O–H groups in total. The molecule has 1 aromatic heterocycles. The Morgan fingerprint density at radius 1 is 1.38 bits per heavy atom. The molecule has 3 heteroatoms. The first-order valence-electron chi connectivity index (χ1n) is 5.06. The van der Waals surface area contributed by atoms with Crippen molar-refractivity contribution in [3.05, 3.63) is 47.7 Å². The van der Waals surface area contributed by atoms with Crippen molar-refractivity contribution < 1.29 is 0 Å². The van der Waals surface area contributed by atoms with Crippen LogP contribution in [0.15, 0.2) is 36.5 Å². The van der Waals surface area contributed by atoms with Crippen molar-refractivity contribution in [1.82, 2.24) is 4.98 Å².